The van der Waals surface area contributed by atoms with Gasteiger partial charge in [0.15, 0.2) is 0 Å². The molecule has 0 aliphatic heterocycles. The third kappa shape index (κ3) is 3.37. The van der Waals surface area contributed by atoms with E-state index in [2.05, 4.69) is 17.2 Å². The summed E-state index contributed by atoms with van der Waals surface area (Å²) < 4.78 is 5.72. The Balaban J connectivity index is 2.12. The number of para-hydroxylation sites is 1. The monoisotopic (exact) mass is 262 g/mol. The number of hydrogen-bond acceptors (Lipinski definition) is 3. The predicted octanol–water partition coefficient (Wildman–Crippen LogP) is 4.35. The maximum atomic E-state index is 6.04. The molecule has 4 heteroatoms. The van der Waals surface area contributed by atoms with Gasteiger partial charge in [0, 0.05) is 18.8 Å². The van der Waals surface area contributed by atoms with E-state index in [9.17, 15) is 0 Å². The summed E-state index contributed by atoms with van der Waals surface area (Å²) in [5.74, 6) is 2.17. The molecule has 1 N–H and O–H groups in total. The van der Waals surface area contributed by atoms with Crippen LogP contribution in [0.25, 0.3) is 0 Å². The van der Waals surface area contributed by atoms with E-state index in [0.717, 1.165) is 24.5 Å². The van der Waals surface area contributed by atoms with E-state index in [1.54, 1.807) is 18.3 Å². The smallest absolute Gasteiger partial charge is 0.146 e. The summed E-state index contributed by atoms with van der Waals surface area (Å²) in [5, 5.41) is 3.81. The fourth-order valence-electron chi connectivity index (χ4n) is 1.48. The molecule has 0 atom stereocenters. The van der Waals surface area contributed by atoms with Crippen molar-refractivity contribution in [2.45, 2.75) is 13.3 Å². The van der Waals surface area contributed by atoms with Crippen LogP contribution in [0.3, 0.4) is 0 Å². The van der Waals surface area contributed by atoms with Gasteiger partial charge in [-0.3, -0.25) is 0 Å². The van der Waals surface area contributed by atoms with Crippen LogP contribution in [0.15, 0.2) is 42.6 Å². The van der Waals surface area contributed by atoms with Crippen molar-refractivity contribution in [2.75, 3.05) is 11.9 Å². The van der Waals surface area contributed by atoms with Crippen molar-refractivity contribution in [1.29, 1.82) is 0 Å². The standard InChI is InChI=1S/C14H15ClN2O/c1-2-8-16-14-10-11(7-9-17-14)18-13-6-4-3-5-12(13)15/h3-7,9-10H,2,8H2,1H3,(H,16,17). The Morgan fingerprint density at radius 1 is 1.28 bits per heavy atom. The minimum Gasteiger partial charge on any atom is -0.456 e. The number of halogens is 1. The molecular weight excluding hydrogens is 248 g/mol. The van der Waals surface area contributed by atoms with Gasteiger partial charge in [-0.15, -0.1) is 0 Å². The van der Waals surface area contributed by atoms with Crippen LogP contribution in [0.1, 0.15) is 13.3 Å². The number of pyridine rings is 1. The van der Waals surface area contributed by atoms with Crippen molar-refractivity contribution in [2.24, 2.45) is 0 Å². The van der Waals surface area contributed by atoms with Gasteiger partial charge in [0.1, 0.15) is 17.3 Å². The Bertz CT molecular complexity index is 517. The van der Waals surface area contributed by atoms with E-state index in [4.69, 9.17) is 16.3 Å². The minimum absolute atomic E-state index is 0.595. The van der Waals surface area contributed by atoms with E-state index < -0.39 is 0 Å². The highest BCUT2D eigenvalue weighted by Gasteiger charge is 2.03. The van der Waals surface area contributed by atoms with Crippen LogP contribution in [0.5, 0.6) is 11.5 Å². The summed E-state index contributed by atoms with van der Waals surface area (Å²) >= 11 is 6.04. The first-order chi connectivity index (χ1) is 8.79. The number of ether oxygens (including phenoxy) is 1. The van der Waals surface area contributed by atoms with E-state index in [1.165, 1.54) is 0 Å². The Hall–Kier alpha value is -1.74. The number of anilines is 1. The van der Waals surface area contributed by atoms with Gasteiger partial charge in [-0.2, -0.15) is 0 Å². The summed E-state index contributed by atoms with van der Waals surface area (Å²) in [7, 11) is 0. The van der Waals surface area contributed by atoms with Crippen molar-refractivity contribution in [3.8, 4) is 11.5 Å². The zero-order chi connectivity index (χ0) is 12.8. The highest BCUT2D eigenvalue weighted by molar-refractivity contribution is 6.32. The topological polar surface area (TPSA) is 34.1 Å². The van der Waals surface area contributed by atoms with Gasteiger partial charge in [0.25, 0.3) is 0 Å². The highest BCUT2D eigenvalue weighted by atomic mass is 35.5. The number of nitrogens with zero attached hydrogens (tertiary/aromatic N) is 1. The van der Waals surface area contributed by atoms with Gasteiger partial charge in [-0.1, -0.05) is 30.7 Å². The largest absolute Gasteiger partial charge is 0.456 e. The third-order valence-electron chi connectivity index (χ3n) is 2.35. The quantitative estimate of drug-likeness (QED) is 0.870. The third-order valence-corrected chi connectivity index (χ3v) is 2.66. The van der Waals surface area contributed by atoms with Crippen LogP contribution in [0, 0.1) is 0 Å². The van der Waals surface area contributed by atoms with Crippen LogP contribution in [-0.4, -0.2) is 11.5 Å². The molecule has 18 heavy (non-hydrogen) atoms. The van der Waals surface area contributed by atoms with Gasteiger partial charge in [0.2, 0.25) is 0 Å². The molecule has 0 radical (unpaired) electrons. The first-order valence-electron chi connectivity index (χ1n) is 5.92. The molecule has 0 spiro atoms. The van der Waals surface area contributed by atoms with Crippen LogP contribution >= 0.6 is 11.6 Å². The molecule has 0 saturated carbocycles. The van der Waals surface area contributed by atoms with E-state index in [-0.39, 0.29) is 0 Å². The lowest BCUT2D eigenvalue weighted by atomic mass is 10.3. The molecule has 0 fully saturated rings. The van der Waals surface area contributed by atoms with Crippen molar-refractivity contribution >= 4 is 17.4 Å². The molecule has 1 heterocycles. The number of nitrogens with one attached hydrogen (secondary N) is 1. The van der Waals surface area contributed by atoms with Gasteiger partial charge in [0.05, 0.1) is 5.02 Å². The first-order valence-corrected chi connectivity index (χ1v) is 6.29. The zero-order valence-corrected chi connectivity index (χ0v) is 10.9. The first kappa shape index (κ1) is 12.7. The number of hydrogen-bond donors (Lipinski definition) is 1. The molecule has 0 amide bonds. The van der Waals surface area contributed by atoms with Crippen LogP contribution in [0.2, 0.25) is 5.02 Å². The fraction of sp³-hybridized carbons (Fsp3) is 0.214. The van der Waals surface area contributed by atoms with Crippen molar-refractivity contribution < 1.29 is 4.74 Å². The second-order valence-corrected chi connectivity index (χ2v) is 4.24. The summed E-state index contributed by atoms with van der Waals surface area (Å²) in [6, 6.07) is 11.1. The molecule has 0 unspecified atom stereocenters. The maximum absolute atomic E-state index is 6.04. The predicted molar refractivity (Wildman–Crippen MR) is 74.5 cm³/mol. The minimum atomic E-state index is 0.595. The van der Waals surface area contributed by atoms with Gasteiger partial charge in [-0.25, -0.2) is 4.98 Å². The van der Waals surface area contributed by atoms with Crippen LogP contribution in [-0.2, 0) is 0 Å². The van der Waals surface area contributed by atoms with Gasteiger partial charge < -0.3 is 10.1 Å². The van der Waals surface area contributed by atoms with Crippen molar-refractivity contribution in [3.63, 3.8) is 0 Å². The summed E-state index contributed by atoms with van der Waals surface area (Å²) in [5.41, 5.74) is 0. The Morgan fingerprint density at radius 3 is 2.89 bits per heavy atom. The Kier molecular flexibility index (Phi) is 4.42. The molecule has 0 bridgehead atoms. The summed E-state index contributed by atoms with van der Waals surface area (Å²) in [4.78, 5) is 4.22. The van der Waals surface area contributed by atoms with Gasteiger partial charge in [-0.05, 0) is 24.6 Å². The molecule has 0 aliphatic carbocycles. The number of benzene rings is 1. The molecule has 3 nitrogen and oxygen atoms in total. The number of rotatable bonds is 5. The van der Waals surface area contributed by atoms with Crippen LogP contribution < -0.4 is 10.1 Å². The van der Waals surface area contributed by atoms with Crippen molar-refractivity contribution in [1.82, 2.24) is 4.98 Å². The maximum Gasteiger partial charge on any atom is 0.146 e. The van der Waals surface area contributed by atoms with Crippen LogP contribution in [0.4, 0.5) is 5.82 Å². The van der Waals surface area contributed by atoms with Gasteiger partial charge >= 0.3 is 0 Å². The molecule has 1 aromatic carbocycles. The summed E-state index contributed by atoms with van der Waals surface area (Å²) in [6.45, 7) is 3.00. The second kappa shape index (κ2) is 6.26. The zero-order valence-electron chi connectivity index (χ0n) is 10.2. The lowest BCUT2D eigenvalue weighted by Crippen LogP contribution is -2.01. The lowest BCUT2D eigenvalue weighted by Gasteiger charge is -2.09. The van der Waals surface area contributed by atoms with E-state index in [1.807, 2.05) is 24.3 Å². The Labute approximate surface area is 112 Å². The fourth-order valence-corrected chi connectivity index (χ4v) is 1.65. The molecule has 2 rings (SSSR count). The molecular formula is C14H15ClN2O. The average molecular weight is 263 g/mol. The van der Waals surface area contributed by atoms with E-state index >= 15 is 0 Å². The molecule has 0 saturated heterocycles. The van der Waals surface area contributed by atoms with E-state index in [0.29, 0.717) is 10.8 Å². The molecule has 2 aromatic rings. The molecule has 94 valence electrons. The second-order valence-electron chi connectivity index (χ2n) is 3.84. The SMILES string of the molecule is CCCNc1cc(Oc2ccccc2Cl)ccn1. The van der Waals surface area contributed by atoms with Crippen molar-refractivity contribution in [3.05, 3.63) is 47.6 Å². The molecule has 1 aromatic heterocycles. The normalized spacial score (nSPS) is 10.1. The molecule has 0 aliphatic rings. The summed E-state index contributed by atoms with van der Waals surface area (Å²) in [6.07, 6.45) is 2.77. The Morgan fingerprint density at radius 2 is 2.11 bits per heavy atom. The lowest BCUT2D eigenvalue weighted by molar-refractivity contribution is 0.482. The average Bonchev–Trinajstić information content (AvgIpc) is 2.40. The number of aromatic nitrogens is 1. The highest BCUT2D eigenvalue weighted by Crippen LogP contribution is 2.29.